The Kier molecular flexibility index (Phi) is 12.3. The monoisotopic (exact) mass is 553 g/mol. The molecule has 0 radical (unpaired) electrons. The van der Waals surface area contributed by atoms with Crippen LogP contribution in [0.4, 0.5) is 0 Å². The second-order valence-corrected chi connectivity index (χ2v) is 17.0. The summed E-state index contributed by atoms with van der Waals surface area (Å²) in [5, 5.41) is 0. The summed E-state index contributed by atoms with van der Waals surface area (Å²) in [6.07, 6.45) is 37.0. The predicted molar refractivity (Wildman–Crippen MR) is 175 cm³/mol. The third-order valence-corrected chi connectivity index (χ3v) is 14.4. The molecule has 0 spiro atoms. The molecule has 40 heavy (non-hydrogen) atoms. The molecule has 6 rings (SSSR count). The molecule has 0 aromatic heterocycles. The molecule has 0 N–H and O–H groups in total. The van der Waals surface area contributed by atoms with Crippen molar-refractivity contribution in [1.29, 1.82) is 0 Å². The van der Waals surface area contributed by atoms with Crippen LogP contribution in [-0.4, -0.2) is 0 Å². The third kappa shape index (κ3) is 8.13. The van der Waals surface area contributed by atoms with E-state index in [1.807, 2.05) is 0 Å². The summed E-state index contributed by atoms with van der Waals surface area (Å²) < 4.78 is 0. The van der Waals surface area contributed by atoms with Gasteiger partial charge in [-0.1, -0.05) is 137 Å². The Hall–Kier alpha value is 0. The van der Waals surface area contributed by atoms with Crippen LogP contribution in [0, 0.1) is 71.0 Å². The average Bonchev–Trinajstić information content (AvgIpc) is 3.64. The van der Waals surface area contributed by atoms with Gasteiger partial charge >= 0.3 is 0 Å². The van der Waals surface area contributed by atoms with Crippen LogP contribution in [0.15, 0.2) is 0 Å². The molecular weight excluding hydrogens is 480 g/mol. The minimum Gasteiger partial charge on any atom is -0.0654 e. The lowest BCUT2D eigenvalue weighted by Crippen LogP contribution is -2.43. The molecule has 0 aromatic carbocycles. The summed E-state index contributed by atoms with van der Waals surface area (Å²) in [5.74, 6) is 13.1. The molecule has 0 heteroatoms. The van der Waals surface area contributed by atoms with Crippen molar-refractivity contribution in [1.82, 2.24) is 0 Å². The van der Waals surface area contributed by atoms with Crippen molar-refractivity contribution in [3.05, 3.63) is 0 Å². The second-order valence-electron chi connectivity index (χ2n) is 17.0. The third-order valence-electron chi connectivity index (χ3n) is 14.4. The van der Waals surface area contributed by atoms with Crippen LogP contribution in [0.3, 0.4) is 0 Å². The number of hydrogen-bond donors (Lipinski definition) is 0. The van der Waals surface area contributed by atoms with Gasteiger partial charge in [-0.2, -0.15) is 0 Å². The number of hydrogen-bond acceptors (Lipinski definition) is 0. The fraction of sp³-hybridized carbons (Fsp3) is 1.00. The Labute approximate surface area is 252 Å². The highest BCUT2D eigenvalue weighted by atomic mass is 14.5. The topological polar surface area (TPSA) is 0 Å². The summed E-state index contributed by atoms with van der Waals surface area (Å²) >= 11 is 0. The van der Waals surface area contributed by atoms with E-state index in [1.54, 1.807) is 96.3 Å². The van der Waals surface area contributed by atoms with Gasteiger partial charge in [-0.25, -0.2) is 0 Å². The van der Waals surface area contributed by atoms with Gasteiger partial charge in [-0.05, 0) is 116 Å². The molecule has 0 heterocycles. The lowest BCUT2D eigenvalue weighted by Gasteiger charge is -2.50. The second kappa shape index (κ2) is 15.6. The van der Waals surface area contributed by atoms with Crippen molar-refractivity contribution < 1.29 is 0 Å². The molecule has 6 aliphatic rings. The largest absolute Gasteiger partial charge is 0.0654 e. The first-order valence-electron chi connectivity index (χ1n) is 19.6. The molecule has 6 saturated carbocycles. The fourth-order valence-corrected chi connectivity index (χ4v) is 12.1. The zero-order valence-corrected chi connectivity index (χ0v) is 27.9. The van der Waals surface area contributed by atoms with Gasteiger partial charge in [-0.3, -0.25) is 0 Å². The summed E-state index contributed by atoms with van der Waals surface area (Å²) in [6.45, 7) is 9.85. The zero-order chi connectivity index (χ0) is 27.9. The van der Waals surface area contributed by atoms with Gasteiger partial charge in [0, 0.05) is 0 Å². The molecule has 0 aliphatic heterocycles. The maximum absolute atomic E-state index is 2.63. The molecule has 0 saturated heterocycles. The van der Waals surface area contributed by atoms with Crippen molar-refractivity contribution in [2.45, 2.75) is 182 Å². The van der Waals surface area contributed by atoms with Crippen LogP contribution in [0.5, 0.6) is 0 Å². The van der Waals surface area contributed by atoms with Crippen LogP contribution in [0.1, 0.15) is 182 Å². The van der Waals surface area contributed by atoms with Crippen LogP contribution in [0.25, 0.3) is 0 Å². The summed E-state index contributed by atoms with van der Waals surface area (Å²) in [6, 6.07) is 0. The van der Waals surface area contributed by atoms with Gasteiger partial charge in [0.05, 0.1) is 0 Å². The van der Waals surface area contributed by atoms with Gasteiger partial charge in [-0.15, -0.1) is 0 Å². The smallest absolute Gasteiger partial charge is 0.0324 e. The number of fused-ring (bicyclic) bond motifs is 2. The van der Waals surface area contributed by atoms with Gasteiger partial charge in [0.1, 0.15) is 0 Å². The lowest BCUT2D eigenvalue weighted by molar-refractivity contribution is -0.0107. The highest BCUT2D eigenvalue weighted by Gasteiger charge is 2.49. The molecular formula is C40H72. The molecule has 0 amide bonds. The Morgan fingerprint density at radius 1 is 0.500 bits per heavy atom. The molecule has 10 unspecified atom stereocenters. The Morgan fingerprint density at radius 3 is 1.95 bits per heavy atom. The molecule has 0 nitrogen and oxygen atoms in total. The van der Waals surface area contributed by atoms with Crippen LogP contribution in [0.2, 0.25) is 0 Å². The SMILES string of the molecule is CCC1CCC(CCC2CCCC(C)C2)CC1.CCCCC1C(C)CC2CCCC2C1C1CCC2CCCC2C1. The van der Waals surface area contributed by atoms with Crippen molar-refractivity contribution >= 4 is 0 Å². The lowest BCUT2D eigenvalue weighted by atomic mass is 9.55. The number of rotatable bonds is 8. The maximum Gasteiger partial charge on any atom is -0.0324 e. The summed E-state index contributed by atoms with van der Waals surface area (Å²) in [5.41, 5.74) is 0. The summed E-state index contributed by atoms with van der Waals surface area (Å²) in [4.78, 5) is 0. The van der Waals surface area contributed by atoms with E-state index in [9.17, 15) is 0 Å². The van der Waals surface area contributed by atoms with Crippen molar-refractivity contribution in [2.24, 2.45) is 71.0 Å². The van der Waals surface area contributed by atoms with E-state index in [0.717, 1.165) is 71.0 Å². The molecule has 6 aliphatic carbocycles. The first-order valence-corrected chi connectivity index (χ1v) is 19.6. The fourth-order valence-electron chi connectivity index (χ4n) is 12.1. The van der Waals surface area contributed by atoms with E-state index in [1.165, 1.54) is 57.8 Å². The van der Waals surface area contributed by atoms with Crippen LogP contribution < -0.4 is 0 Å². The predicted octanol–water partition coefficient (Wildman–Crippen LogP) is 12.9. The first-order chi connectivity index (χ1) is 19.6. The Bertz CT molecular complexity index is 701. The van der Waals surface area contributed by atoms with E-state index >= 15 is 0 Å². The minimum absolute atomic E-state index is 1.02. The summed E-state index contributed by atoms with van der Waals surface area (Å²) in [7, 11) is 0. The first kappa shape index (κ1) is 31.4. The number of unbranched alkanes of at least 4 members (excludes halogenated alkanes) is 1. The minimum atomic E-state index is 1.02. The van der Waals surface area contributed by atoms with Crippen molar-refractivity contribution in [3.63, 3.8) is 0 Å². The van der Waals surface area contributed by atoms with Crippen molar-refractivity contribution in [2.75, 3.05) is 0 Å². The van der Waals surface area contributed by atoms with Crippen LogP contribution in [-0.2, 0) is 0 Å². The molecule has 0 aromatic rings. The van der Waals surface area contributed by atoms with Gasteiger partial charge in [0.15, 0.2) is 0 Å². The highest BCUT2D eigenvalue weighted by molar-refractivity contribution is 4.98. The van der Waals surface area contributed by atoms with Gasteiger partial charge in [0.25, 0.3) is 0 Å². The van der Waals surface area contributed by atoms with E-state index in [-0.39, 0.29) is 0 Å². The quantitative estimate of drug-likeness (QED) is 0.281. The maximum atomic E-state index is 2.63. The normalized spacial score (nSPS) is 45.3. The molecule has 0 bridgehead atoms. The van der Waals surface area contributed by atoms with E-state index in [2.05, 4.69) is 27.7 Å². The van der Waals surface area contributed by atoms with Gasteiger partial charge < -0.3 is 0 Å². The standard InChI is InChI=1S/C23H40.C17H32/c1-3-4-10-21-16(2)14-19-9-6-11-22(19)23(21)20-13-12-17-7-5-8-18(17)15-20;1-3-15-7-9-16(10-8-15)11-12-17-6-4-5-14(2)13-17/h16-23H,3-15H2,1-2H3;14-17H,3-13H2,1-2H3. The van der Waals surface area contributed by atoms with E-state index in [4.69, 9.17) is 0 Å². The molecule has 232 valence electrons. The highest BCUT2D eigenvalue weighted by Crippen LogP contribution is 2.58. The average molecular weight is 553 g/mol. The zero-order valence-electron chi connectivity index (χ0n) is 27.9. The van der Waals surface area contributed by atoms with E-state index < -0.39 is 0 Å². The molecule has 10 atom stereocenters. The van der Waals surface area contributed by atoms with Crippen LogP contribution >= 0.6 is 0 Å². The van der Waals surface area contributed by atoms with E-state index in [0.29, 0.717) is 0 Å². The van der Waals surface area contributed by atoms with Crippen molar-refractivity contribution in [3.8, 4) is 0 Å². The van der Waals surface area contributed by atoms with Gasteiger partial charge in [0.2, 0.25) is 0 Å². The Balaban J connectivity index is 0.000000170. The molecule has 6 fully saturated rings. The Morgan fingerprint density at radius 2 is 1.18 bits per heavy atom.